The molecule has 0 rings (SSSR count). The molecule has 0 N–H and O–H groups in total. The van der Waals surface area contributed by atoms with E-state index in [-0.39, 0.29) is 0 Å². The summed E-state index contributed by atoms with van der Waals surface area (Å²) in [6, 6.07) is 0.830. The van der Waals surface area contributed by atoms with E-state index in [0.29, 0.717) is 0 Å². The van der Waals surface area contributed by atoms with Crippen molar-refractivity contribution in [2.45, 2.75) is 85.6 Å². The van der Waals surface area contributed by atoms with Crippen molar-refractivity contribution in [2.24, 2.45) is 5.92 Å². The summed E-state index contributed by atoms with van der Waals surface area (Å²) >= 11 is 0. The number of hydrogen-bond acceptors (Lipinski definition) is 1. The first-order valence-corrected chi connectivity index (χ1v) is 7.93. The third-order valence-corrected chi connectivity index (χ3v) is 3.96. The van der Waals surface area contributed by atoms with Gasteiger partial charge in [0.15, 0.2) is 0 Å². The first kappa shape index (κ1) is 17.0. The third kappa shape index (κ3) is 7.81. The molecule has 1 nitrogen and oxygen atoms in total. The van der Waals surface area contributed by atoms with Crippen molar-refractivity contribution in [3.63, 3.8) is 0 Å². The highest BCUT2D eigenvalue weighted by Gasteiger charge is 2.14. The zero-order chi connectivity index (χ0) is 13.1. The Morgan fingerprint density at radius 2 is 1.53 bits per heavy atom. The summed E-state index contributed by atoms with van der Waals surface area (Å²) in [4.78, 5) is 2.74. The molecule has 0 aromatic carbocycles. The Kier molecular flexibility index (Phi) is 11.0. The molecule has 0 aromatic rings. The highest BCUT2D eigenvalue weighted by molar-refractivity contribution is 4.70. The van der Waals surface area contributed by atoms with E-state index in [0.717, 1.165) is 12.0 Å². The molecule has 0 aromatic heterocycles. The predicted molar refractivity (Wildman–Crippen MR) is 79.5 cm³/mol. The molecule has 1 heteroatoms. The highest BCUT2D eigenvalue weighted by Crippen LogP contribution is 2.15. The molecule has 17 heavy (non-hydrogen) atoms. The lowest BCUT2D eigenvalue weighted by molar-refractivity contribution is 0.174. The van der Waals surface area contributed by atoms with Crippen LogP contribution in [0.3, 0.4) is 0 Å². The molecule has 0 aliphatic carbocycles. The van der Waals surface area contributed by atoms with Gasteiger partial charge in [-0.15, -0.1) is 0 Å². The number of hydrogen-bond donors (Lipinski definition) is 0. The summed E-state index contributed by atoms with van der Waals surface area (Å²) in [6.07, 6.45) is 9.43. The van der Waals surface area contributed by atoms with Gasteiger partial charge in [-0.3, -0.25) is 0 Å². The minimum atomic E-state index is 0.830. The summed E-state index contributed by atoms with van der Waals surface area (Å²) in [7, 11) is 0. The molecular weight excluding hydrogens is 206 g/mol. The molecule has 0 spiro atoms. The maximum atomic E-state index is 2.74. The van der Waals surface area contributed by atoms with Crippen molar-refractivity contribution in [2.75, 3.05) is 13.1 Å². The standard InChI is InChI=1S/C16H35N/c1-6-11-16(9-4)17(13-7-2)14-10-12-15(5)8-3/h15-16H,6-14H2,1-5H3. The lowest BCUT2D eigenvalue weighted by Crippen LogP contribution is -2.36. The largest absolute Gasteiger partial charge is 0.300 e. The van der Waals surface area contributed by atoms with Gasteiger partial charge in [0.1, 0.15) is 0 Å². The van der Waals surface area contributed by atoms with Gasteiger partial charge in [-0.2, -0.15) is 0 Å². The number of rotatable bonds is 11. The van der Waals surface area contributed by atoms with E-state index in [2.05, 4.69) is 39.5 Å². The van der Waals surface area contributed by atoms with E-state index in [9.17, 15) is 0 Å². The first-order chi connectivity index (χ1) is 8.19. The van der Waals surface area contributed by atoms with E-state index in [1.807, 2.05) is 0 Å². The monoisotopic (exact) mass is 241 g/mol. The van der Waals surface area contributed by atoms with E-state index in [1.54, 1.807) is 0 Å². The average molecular weight is 241 g/mol. The average Bonchev–Trinajstić information content (AvgIpc) is 2.34. The van der Waals surface area contributed by atoms with Crippen molar-refractivity contribution >= 4 is 0 Å². The van der Waals surface area contributed by atoms with Crippen molar-refractivity contribution in [1.29, 1.82) is 0 Å². The van der Waals surface area contributed by atoms with Crippen LogP contribution in [0.4, 0.5) is 0 Å². The molecule has 0 aliphatic heterocycles. The van der Waals surface area contributed by atoms with Crippen LogP contribution in [0.25, 0.3) is 0 Å². The minimum Gasteiger partial charge on any atom is -0.300 e. The van der Waals surface area contributed by atoms with E-state index >= 15 is 0 Å². The summed E-state index contributed by atoms with van der Waals surface area (Å²) < 4.78 is 0. The topological polar surface area (TPSA) is 3.24 Å². The fourth-order valence-electron chi connectivity index (χ4n) is 2.59. The Bertz CT molecular complexity index is 156. The van der Waals surface area contributed by atoms with E-state index < -0.39 is 0 Å². The van der Waals surface area contributed by atoms with Crippen molar-refractivity contribution in [3.8, 4) is 0 Å². The van der Waals surface area contributed by atoms with Crippen LogP contribution < -0.4 is 0 Å². The molecule has 0 radical (unpaired) electrons. The first-order valence-electron chi connectivity index (χ1n) is 7.93. The van der Waals surface area contributed by atoms with Gasteiger partial charge in [-0.05, 0) is 51.1 Å². The molecule has 0 saturated heterocycles. The second kappa shape index (κ2) is 11.1. The van der Waals surface area contributed by atoms with Crippen LogP contribution in [0, 0.1) is 5.92 Å². The van der Waals surface area contributed by atoms with Gasteiger partial charge >= 0.3 is 0 Å². The van der Waals surface area contributed by atoms with Crippen molar-refractivity contribution in [1.82, 2.24) is 4.90 Å². The SMILES string of the molecule is CCCC(CC)N(CCC)CCCC(C)CC. The second-order valence-corrected chi connectivity index (χ2v) is 5.54. The van der Waals surface area contributed by atoms with E-state index in [1.165, 1.54) is 58.0 Å². The van der Waals surface area contributed by atoms with Crippen LogP contribution >= 0.6 is 0 Å². The van der Waals surface area contributed by atoms with E-state index in [4.69, 9.17) is 0 Å². The summed E-state index contributed by atoms with van der Waals surface area (Å²) in [5.74, 6) is 0.907. The van der Waals surface area contributed by atoms with Gasteiger partial charge in [0.25, 0.3) is 0 Å². The molecule has 104 valence electrons. The Morgan fingerprint density at radius 3 is 2.00 bits per heavy atom. The van der Waals surface area contributed by atoms with Gasteiger partial charge in [-0.25, -0.2) is 0 Å². The quantitative estimate of drug-likeness (QED) is 0.486. The molecule has 0 fully saturated rings. The zero-order valence-electron chi connectivity index (χ0n) is 13.0. The Balaban J connectivity index is 4.02. The fourth-order valence-corrected chi connectivity index (χ4v) is 2.59. The van der Waals surface area contributed by atoms with Gasteiger partial charge in [0, 0.05) is 6.04 Å². The molecule has 0 heterocycles. The van der Waals surface area contributed by atoms with Crippen LogP contribution in [-0.4, -0.2) is 24.0 Å². The molecule has 0 aliphatic rings. The molecule has 0 bridgehead atoms. The third-order valence-electron chi connectivity index (χ3n) is 3.96. The maximum absolute atomic E-state index is 2.74. The molecular formula is C16H35N. The molecule has 0 amide bonds. The predicted octanol–water partition coefficient (Wildman–Crippen LogP) is 5.10. The highest BCUT2D eigenvalue weighted by atomic mass is 15.1. The summed E-state index contributed by atoms with van der Waals surface area (Å²) in [5, 5.41) is 0. The molecule has 0 saturated carbocycles. The fraction of sp³-hybridized carbons (Fsp3) is 1.00. The minimum absolute atomic E-state index is 0.830. The second-order valence-electron chi connectivity index (χ2n) is 5.54. The Labute approximate surface area is 110 Å². The van der Waals surface area contributed by atoms with Gasteiger partial charge < -0.3 is 4.90 Å². The van der Waals surface area contributed by atoms with Crippen LogP contribution in [0.15, 0.2) is 0 Å². The Morgan fingerprint density at radius 1 is 0.824 bits per heavy atom. The smallest absolute Gasteiger partial charge is 0.00925 e. The Hall–Kier alpha value is -0.0400. The summed E-state index contributed by atoms with van der Waals surface area (Å²) in [5.41, 5.74) is 0. The van der Waals surface area contributed by atoms with Crippen LogP contribution in [0.2, 0.25) is 0 Å². The lowest BCUT2D eigenvalue weighted by atomic mass is 10.0. The molecule has 2 unspecified atom stereocenters. The van der Waals surface area contributed by atoms with Crippen molar-refractivity contribution in [3.05, 3.63) is 0 Å². The van der Waals surface area contributed by atoms with Crippen LogP contribution in [0.5, 0.6) is 0 Å². The maximum Gasteiger partial charge on any atom is 0.00925 e. The van der Waals surface area contributed by atoms with Crippen molar-refractivity contribution < 1.29 is 0 Å². The van der Waals surface area contributed by atoms with Gasteiger partial charge in [0.2, 0.25) is 0 Å². The zero-order valence-corrected chi connectivity index (χ0v) is 13.0. The van der Waals surface area contributed by atoms with Crippen LogP contribution in [-0.2, 0) is 0 Å². The summed E-state index contributed by atoms with van der Waals surface area (Å²) in [6.45, 7) is 14.3. The van der Waals surface area contributed by atoms with Crippen LogP contribution in [0.1, 0.15) is 79.6 Å². The normalized spacial score (nSPS) is 15.2. The number of nitrogens with zero attached hydrogens (tertiary/aromatic N) is 1. The lowest BCUT2D eigenvalue weighted by Gasteiger charge is -2.31. The molecule has 2 atom stereocenters. The van der Waals surface area contributed by atoms with Gasteiger partial charge in [0.05, 0.1) is 0 Å². The van der Waals surface area contributed by atoms with Gasteiger partial charge in [-0.1, -0.05) is 47.5 Å².